The largest absolute Gasteiger partial charge is 0.484 e. The summed E-state index contributed by atoms with van der Waals surface area (Å²) in [6.45, 7) is 5.10. The first-order valence-corrected chi connectivity index (χ1v) is 8.76. The molecular formula is C20H26N2O3. The summed E-state index contributed by atoms with van der Waals surface area (Å²) in [6.07, 6.45) is 3.03. The number of aromatic nitrogens is 1. The van der Waals surface area contributed by atoms with Crippen molar-refractivity contribution < 1.29 is 14.3 Å². The van der Waals surface area contributed by atoms with E-state index in [9.17, 15) is 4.79 Å². The lowest BCUT2D eigenvalue weighted by Crippen LogP contribution is -2.37. The van der Waals surface area contributed by atoms with E-state index >= 15 is 0 Å². The first kappa shape index (κ1) is 17.5. The van der Waals surface area contributed by atoms with Crippen LogP contribution in [-0.2, 0) is 22.6 Å². The first-order valence-electron chi connectivity index (χ1n) is 8.76. The van der Waals surface area contributed by atoms with Crippen molar-refractivity contribution in [2.24, 2.45) is 5.92 Å². The van der Waals surface area contributed by atoms with E-state index in [1.165, 1.54) is 11.3 Å². The number of rotatable bonds is 6. The van der Waals surface area contributed by atoms with Gasteiger partial charge in [0.25, 0.3) is 5.91 Å². The number of benzene rings is 1. The summed E-state index contributed by atoms with van der Waals surface area (Å²) in [6, 6.07) is 11.9. The normalized spacial score (nSPS) is 17.0. The Hall–Kier alpha value is -2.27. The fraction of sp³-hybridized carbons (Fsp3) is 0.450. The van der Waals surface area contributed by atoms with Crippen LogP contribution in [-0.4, -0.2) is 42.2 Å². The molecule has 1 aliphatic heterocycles. The van der Waals surface area contributed by atoms with Crippen LogP contribution in [0.2, 0.25) is 0 Å². The highest BCUT2D eigenvalue weighted by Gasteiger charge is 2.25. The monoisotopic (exact) mass is 342 g/mol. The fourth-order valence-electron chi connectivity index (χ4n) is 3.21. The Kier molecular flexibility index (Phi) is 5.76. The number of nitrogens with zero attached hydrogens (tertiary/aromatic N) is 2. The van der Waals surface area contributed by atoms with Gasteiger partial charge in [0.2, 0.25) is 0 Å². The van der Waals surface area contributed by atoms with Crippen molar-refractivity contribution in [2.75, 3.05) is 26.9 Å². The van der Waals surface area contributed by atoms with Crippen LogP contribution in [0.25, 0.3) is 0 Å². The van der Waals surface area contributed by atoms with E-state index in [0.717, 1.165) is 25.3 Å². The van der Waals surface area contributed by atoms with Gasteiger partial charge >= 0.3 is 0 Å². The van der Waals surface area contributed by atoms with Gasteiger partial charge in [-0.3, -0.25) is 4.79 Å². The molecule has 1 amide bonds. The van der Waals surface area contributed by atoms with Gasteiger partial charge in [-0.1, -0.05) is 17.7 Å². The molecule has 2 heterocycles. The third kappa shape index (κ3) is 4.63. The number of fused-ring (bicyclic) bond motifs is 1. The Morgan fingerprint density at radius 2 is 2.00 bits per heavy atom. The second kappa shape index (κ2) is 8.21. The lowest BCUT2D eigenvalue weighted by atomic mass is 10.1. The van der Waals surface area contributed by atoms with Crippen LogP contribution in [0.5, 0.6) is 5.75 Å². The van der Waals surface area contributed by atoms with Gasteiger partial charge in [-0.15, -0.1) is 0 Å². The lowest BCUT2D eigenvalue weighted by molar-refractivity contribution is -0.134. The van der Waals surface area contributed by atoms with Gasteiger partial charge in [-0.25, -0.2) is 0 Å². The zero-order valence-electron chi connectivity index (χ0n) is 15.0. The third-order valence-corrected chi connectivity index (χ3v) is 4.68. The van der Waals surface area contributed by atoms with Gasteiger partial charge in [0.1, 0.15) is 5.75 Å². The predicted molar refractivity (Wildman–Crippen MR) is 96.5 cm³/mol. The summed E-state index contributed by atoms with van der Waals surface area (Å²) in [5.41, 5.74) is 2.34. The number of aryl methyl sites for hydroxylation is 1. The SMILES string of the molecule is COCC[C@@H]1CN(C(=O)COc2ccc(C)cc2)Cc2cccn2C1. The Morgan fingerprint density at radius 3 is 2.76 bits per heavy atom. The van der Waals surface area contributed by atoms with Crippen LogP contribution in [0.4, 0.5) is 0 Å². The average molecular weight is 342 g/mol. The molecule has 1 aliphatic rings. The number of amides is 1. The molecule has 0 fully saturated rings. The van der Waals surface area contributed by atoms with Crippen molar-refractivity contribution in [3.8, 4) is 5.75 Å². The number of methoxy groups -OCH3 is 1. The van der Waals surface area contributed by atoms with Crippen LogP contribution in [0.15, 0.2) is 42.6 Å². The summed E-state index contributed by atoms with van der Waals surface area (Å²) in [4.78, 5) is 14.6. The maximum atomic E-state index is 12.7. The van der Waals surface area contributed by atoms with Crippen LogP contribution in [0.1, 0.15) is 17.7 Å². The zero-order chi connectivity index (χ0) is 17.6. The highest BCUT2D eigenvalue weighted by molar-refractivity contribution is 5.77. The second-order valence-electron chi connectivity index (χ2n) is 6.68. The molecule has 0 radical (unpaired) electrons. The van der Waals surface area contributed by atoms with Crippen LogP contribution in [0, 0.1) is 12.8 Å². The minimum Gasteiger partial charge on any atom is -0.484 e. The second-order valence-corrected chi connectivity index (χ2v) is 6.68. The molecule has 1 aromatic carbocycles. The van der Waals surface area contributed by atoms with E-state index in [1.807, 2.05) is 42.2 Å². The smallest absolute Gasteiger partial charge is 0.260 e. The summed E-state index contributed by atoms with van der Waals surface area (Å²) in [7, 11) is 1.72. The minimum atomic E-state index is 0.0256. The molecule has 0 aliphatic carbocycles. The number of hydrogen-bond acceptors (Lipinski definition) is 3. The van der Waals surface area contributed by atoms with Crippen molar-refractivity contribution in [1.82, 2.24) is 9.47 Å². The quantitative estimate of drug-likeness (QED) is 0.811. The highest BCUT2D eigenvalue weighted by atomic mass is 16.5. The number of carbonyl (C=O) groups is 1. The molecule has 1 aromatic heterocycles. The molecule has 25 heavy (non-hydrogen) atoms. The molecular weight excluding hydrogens is 316 g/mol. The first-order chi connectivity index (χ1) is 12.2. The average Bonchev–Trinajstić information content (AvgIpc) is 2.97. The standard InChI is InChI=1S/C20H26N2O3/c1-16-5-7-19(8-6-16)25-15-20(23)22-13-17(9-11-24-2)12-21-10-3-4-18(21)14-22/h3-8,10,17H,9,11-15H2,1-2H3/t17-/m0/s1. The van der Waals surface area contributed by atoms with Gasteiger partial charge in [-0.05, 0) is 43.5 Å². The molecule has 5 nitrogen and oxygen atoms in total. The third-order valence-electron chi connectivity index (χ3n) is 4.68. The molecule has 134 valence electrons. The van der Waals surface area contributed by atoms with Crippen LogP contribution < -0.4 is 4.74 Å². The Labute approximate surface area is 149 Å². The maximum absolute atomic E-state index is 12.7. The van der Waals surface area contributed by atoms with Gasteiger partial charge in [0.15, 0.2) is 6.61 Å². The fourth-order valence-corrected chi connectivity index (χ4v) is 3.21. The lowest BCUT2D eigenvalue weighted by Gasteiger charge is -2.24. The molecule has 0 N–H and O–H groups in total. The van der Waals surface area contributed by atoms with E-state index in [-0.39, 0.29) is 12.5 Å². The van der Waals surface area contributed by atoms with Crippen molar-refractivity contribution in [1.29, 1.82) is 0 Å². The van der Waals surface area contributed by atoms with Crippen molar-refractivity contribution in [3.63, 3.8) is 0 Å². The van der Waals surface area contributed by atoms with Crippen LogP contribution >= 0.6 is 0 Å². The van der Waals surface area contributed by atoms with E-state index in [0.29, 0.717) is 19.1 Å². The molecule has 2 aromatic rings. The predicted octanol–water partition coefficient (Wildman–Crippen LogP) is 2.87. The summed E-state index contributed by atoms with van der Waals surface area (Å²) in [5.74, 6) is 1.14. The summed E-state index contributed by atoms with van der Waals surface area (Å²) < 4.78 is 13.2. The minimum absolute atomic E-state index is 0.0256. The van der Waals surface area contributed by atoms with Crippen molar-refractivity contribution in [3.05, 3.63) is 53.9 Å². The molecule has 0 unspecified atom stereocenters. The van der Waals surface area contributed by atoms with E-state index in [1.54, 1.807) is 7.11 Å². The van der Waals surface area contributed by atoms with Gasteiger partial charge in [0.05, 0.1) is 6.54 Å². The molecule has 0 spiro atoms. The van der Waals surface area contributed by atoms with Gasteiger partial charge < -0.3 is 18.9 Å². The molecule has 5 heteroatoms. The molecule has 0 saturated carbocycles. The summed E-state index contributed by atoms with van der Waals surface area (Å²) >= 11 is 0. The Morgan fingerprint density at radius 1 is 1.20 bits per heavy atom. The molecule has 1 atom stereocenters. The molecule has 0 saturated heterocycles. The topological polar surface area (TPSA) is 43.7 Å². The molecule has 0 bridgehead atoms. The highest BCUT2D eigenvalue weighted by Crippen LogP contribution is 2.20. The number of hydrogen-bond donors (Lipinski definition) is 0. The van der Waals surface area contributed by atoms with Gasteiger partial charge in [0, 0.05) is 38.7 Å². The summed E-state index contributed by atoms with van der Waals surface area (Å²) in [5, 5.41) is 0. The van der Waals surface area contributed by atoms with E-state index in [2.05, 4.69) is 16.8 Å². The van der Waals surface area contributed by atoms with E-state index < -0.39 is 0 Å². The maximum Gasteiger partial charge on any atom is 0.260 e. The Bertz CT molecular complexity index is 693. The van der Waals surface area contributed by atoms with Crippen LogP contribution in [0.3, 0.4) is 0 Å². The number of carbonyl (C=O) groups excluding carboxylic acids is 1. The number of ether oxygens (including phenoxy) is 2. The van der Waals surface area contributed by atoms with Crippen molar-refractivity contribution in [2.45, 2.75) is 26.4 Å². The van der Waals surface area contributed by atoms with Crippen molar-refractivity contribution >= 4 is 5.91 Å². The Balaban J connectivity index is 1.64. The molecule has 3 rings (SSSR count). The zero-order valence-corrected chi connectivity index (χ0v) is 15.0. The van der Waals surface area contributed by atoms with E-state index in [4.69, 9.17) is 9.47 Å². The van der Waals surface area contributed by atoms with Gasteiger partial charge in [-0.2, -0.15) is 0 Å².